The van der Waals surface area contributed by atoms with Gasteiger partial charge >= 0.3 is 6.18 Å². The number of nitrogens with one attached hydrogen (secondary N) is 2. The molecular formula is C16H13ClF4N2O. The minimum atomic E-state index is -4.53. The lowest BCUT2D eigenvalue weighted by atomic mass is 10.2. The van der Waals surface area contributed by atoms with E-state index >= 15 is 0 Å². The van der Waals surface area contributed by atoms with Crippen molar-refractivity contribution in [2.75, 3.05) is 17.2 Å². The van der Waals surface area contributed by atoms with E-state index in [0.717, 1.165) is 18.2 Å². The normalized spacial score (nSPS) is 11.2. The number of rotatable bonds is 5. The molecule has 0 spiro atoms. The Kier molecular flexibility index (Phi) is 5.66. The van der Waals surface area contributed by atoms with Crippen LogP contribution in [0.25, 0.3) is 0 Å². The van der Waals surface area contributed by atoms with Gasteiger partial charge in [-0.15, -0.1) is 0 Å². The van der Waals surface area contributed by atoms with Gasteiger partial charge in [-0.05, 0) is 30.3 Å². The van der Waals surface area contributed by atoms with E-state index in [2.05, 4.69) is 10.6 Å². The van der Waals surface area contributed by atoms with Gasteiger partial charge in [-0.1, -0.05) is 23.7 Å². The third kappa shape index (κ3) is 4.86. The van der Waals surface area contributed by atoms with Crippen LogP contribution in [-0.4, -0.2) is 12.5 Å². The first kappa shape index (κ1) is 18.1. The maximum atomic E-state index is 13.4. The molecular weight excluding hydrogens is 348 g/mol. The molecule has 0 saturated heterocycles. The summed E-state index contributed by atoms with van der Waals surface area (Å²) < 4.78 is 51.4. The third-order valence-electron chi connectivity index (χ3n) is 3.11. The largest absolute Gasteiger partial charge is 0.416 e. The smallest absolute Gasteiger partial charge is 0.382 e. The van der Waals surface area contributed by atoms with E-state index in [4.69, 9.17) is 11.6 Å². The summed E-state index contributed by atoms with van der Waals surface area (Å²) >= 11 is 5.79. The molecule has 0 radical (unpaired) electrons. The highest BCUT2D eigenvalue weighted by molar-refractivity contribution is 6.33. The maximum absolute atomic E-state index is 13.4. The third-order valence-corrected chi connectivity index (χ3v) is 3.44. The molecule has 24 heavy (non-hydrogen) atoms. The Hall–Kier alpha value is -2.28. The predicted molar refractivity (Wildman–Crippen MR) is 84.6 cm³/mol. The van der Waals surface area contributed by atoms with Gasteiger partial charge in [0.1, 0.15) is 5.82 Å². The number of halogens is 5. The highest BCUT2D eigenvalue weighted by atomic mass is 35.5. The van der Waals surface area contributed by atoms with Crippen molar-refractivity contribution in [3.63, 3.8) is 0 Å². The first-order valence-electron chi connectivity index (χ1n) is 6.92. The van der Waals surface area contributed by atoms with Crippen LogP contribution in [0, 0.1) is 5.82 Å². The monoisotopic (exact) mass is 360 g/mol. The second-order valence-corrected chi connectivity index (χ2v) is 5.30. The van der Waals surface area contributed by atoms with Crippen LogP contribution in [0.4, 0.5) is 28.9 Å². The van der Waals surface area contributed by atoms with Crippen LogP contribution in [0.5, 0.6) is 0 Å². The van der Waals surface area contributed by atoms with Crippen molar-refractivity contribution >= 4 is 28.9 Å². The molecule has 0 aliphatic rings. The van der Waals surface area contributed by atoms with Gasteiger partial charge in [-0.2, -0.15) is 13.2 Å². The second kappa shape index (κ2) is 7.53. The molecule has 2 aromatic rings. The zero-order valence-electron chi connectivity index (χ0n) is 12.3. The Morgan fingerprint density at radius 1 is 1.08 bits per heavy atom. The summed E-state index contributed by atoms with van der Waals surface area (Å²) in [6.07, 6.45) is -4.60. The molecule has 0 heterocycles. The van der Waals surface area contributed by atoms with Gasteiger partial charge in [0.2, 0.25) is 5.91 Å². The number of carbonyl (C=O) groups excluding carboxylic acids is 1. The van der Waals surface area contributed by atoms with E-state index in [1.54, 1.807) is 6.07 Å². The minimum Gasteiger partial charge on any atom is -0.382 e. The van der Waals surface area contributed by atoms with Crippen LogP contribution in [0.15, 0.2) is 42.5 Å². The van der Waals surface area contributed by atoms with Gasteiger partial charge in [0.05, 0.1) is 22.0 Å². The Labute approximate surface area is 140 Å². The Balaban J connectivity index is 1.94. The van der Waals surface area contributed by atoms with Gasteiger partial charge in [0.15, 0.2) is 0 Å². The van der Waals surface area contributed by atoms with Gasteiger partial charge < -0.3 is 10.6 Å². The first-order chi connectivity index (χ1) is 11.3. The van der Waals surface area contributed by atoms with E-state index in [1.807, 2.05) is 0 Å². The van der Waals surface area contributed by atoms with Crippen LogP contribution >= 0.6 is 11.6 Å². The number of amides is 1. The maximum Gasteiger partial charge on any atom is 0.416 e. The number of hydrogen-bond acceptors (Lipinski definition) is 2. The molecule has 0 saturated carbocycles. The lowest BCUT2D eigenvalue weighted by molar-refractivity contribution is -0.137. The Bertz CT molecular complexity index is 734. The van der Waals surface area contributed by atoms with Crippen molar-refractivity contribution in [2.45, 2.75) is 12.6 Å². The summed E-state index contributed by atoms with van der Waals surface area (Å²) in [4.78, 5) is 11.8. The topological polar surface area (TPSA) is 41.1 Å². The Morgan fingerprint density at radius 2 is 1.79 bits per heavy atom. The van der Waals surface area contributed by atoms with E-state index in [9.17, 15) is 22.4 Å². The molecule has 2 aromatic carbocycles. The van der Waals surface area contributed by atoms with Crippen molar-refractivity contribution < 1.29 is 22.4 Å². The van der Waals surface area contributed by atoms with Crippen molar-refractivity contribution in [1.29, 1.82) is 0 Å². The minimum absolute atomic E-state index is 0.00147. The van der Waals surface area contributed by atoms with Crippen LogP contribution in [-0.2, 0) is 11.0 Å². The molecule has 0 aliphatic heterocycles. The van der Waals surface area contributed by atoms with Gasteiger partial charge in [0.25, 0.3) is 0 Å². The highest BCUT2D eigenvalue weighted by Crippen LogP contribution is 2.33. The lowest BCUT2D eigenvalue weighted by Gasteiger charge is -2.12. The van der Waals surface area contributed by atoms with Crippen LogP contribution < -0.4 is 10.6 Å². The van der Waals surface area contributed by atoms with E-state index in [1.165, 1.54) is 18.2 Å². The molecule has 1 amide bonds. The summed E-state index contributed by atoms with van der Waals surface area (Å²) in [5.41, 5.74) is -0.795. The molecule has 8 heteroatoms. The number of benzene rings is 2. The molecule has 0 aromatic heterocycles. The molecule has 2 N–H and O–H groups in total. The summed E-state index contributed by atoms with van der Waals surface area (Å²) in [5, 5.41) is 5.05. The molecule has 0 fully saturated rings. The fourth-order valence-electron chi connectivity index (χ4n) is 1.93. The van der Waals surface area contributed by atoms with Crippen molar-refractivity contribution in [2.24, 2.45) is 0 Å². The lowest BCUT2D eigenvalue weighted by Crippen LogP contribution is -2.17. The molecule has 2 rings (SSSR count). The number of carbonyl (C=O) groups is 1. The predicted octanol–water partition coefficient (Wildman–Crippen LogP) is 4.94. The molecule has 0 unspecified atom stereocenters. The first-order valence-corrected chi connectivity index (χ1v) is 7.30. The molecule has 0 aliphatic carbocycles. The van der Waals surface area contributed by atoms with Crippen molar-refractivity contribution in [1.82, 2.24) is 0 Å². The summed E-state index contributed by atoms with van der Waals surface area (Å²) in [6.45, 7) is 0.114. The van der Waals surface area contributed by atoms with Crippen molar-refractivity contribution in [3.8, 4) is 0 Å². The standard InChI is InChI=1S/C16H13ClF4N2O/c17-11-6-5-10(16(19,20)21)9-14(11)23-15(24)7-8-22-13-4-2-1-3-12(13)18/h1-6,9,22H,7-8H2,(H,23,24). The van der Waals surface area contributed by atoms with E-state index in [-0.39, 0.29) is 29.4 Å². The number of para-hydroxylation sites is 1. The SMILES string of the molecule is O=C(CCNc1ccccc1F)Nc1cc(C(F)(F)F)ccc1Cl. The fourth-order valence-corrected chi connectivity index (χ4v) is 2.09. The zero-order chi connectivity index (χ0) is 17.7. The molecule has 128 valence electrons. The van der Waals surface area contributed by atoms with E-state index < -0.39 is 23.5 Å². The molecule has 0 atom stereocenters. The molecule has 0 bridgehead atoms. The summed E-state index contributed by atoms with van der Waals surface area (Å²) in [7, 11) is 0. The number of anilines is 2. The van der Waals surface area contributed by atoms with Gasteiger partial charge in [0, 0.05) is 13.0 Å². The zero-order valence-corrected chi connectivity index (χ0v) is 13.0. The van der Waals surface area contributed by atoms with Gasteiger partial charge in [-0.3, -0.25) is 4.79 Å². The average molecular weight is 361 g/mol. The summed E-state index contributed by atoms with van der Waals surface area (Å²) in [6, 6.07) is 8.61. The second-order valence-electron chi connectivity index (χ2n) is 4.90. The van der Waals surface area contributed by atoms with Gasteiger partial charge in [-0.25, -0.2) is 4.39 Å². The number of alkyl halides is 3. The fraction of sp³-hybridized carbons (Fsp3) is 0.188. The Morgan fingerprint density at radius 3 is 2.46 bits per heavy atom. The van der Waals surface area contributed by atoms with Crippen LogP contribution in [0.2, 0.25) is 5.02 Å². The quantitative estimate of drug-likeness (QED) is 0.742. The van der Waals surface area contributed by atoms with Crippen LogP contribution in [0.3, 0.4) is 0 Å². The summed E-state index contributed by atoms with van der Waals surface area (Å²) in [5.74, 6) is -1.00. The molecule has 3 nitrogen and oxygen atoms in total. The highest BCUT2D eigenvalue weighted by Gasteiger charge is 2.31. The number of hydrogen-bond donors (Lipinski definition) is 2. The van der Waals surface area contributed by atoms with Crippen molar-refractivity contribution in [3.05, 3.63) is 58.9 Å². The average Bonchev–Trinajstić information content (AvgIpc) is 2.50. The van der Waals surface area contributed by atoms with Crippen LogP contribution in [0.1, 0.15) is 12.0 Å². The van der Waals surface area contributed by atoms with E-state index in [0.29, 0.717) is 0 Å².